The van der Waals surface area contributed by atoms with Gasteiger partial charge in [-0.15, -0.1) is 0 Å². The highest BCUT2D eigenvalue weighted by Gasteiger charge is 2.26. The van der Waals surface area contributed by atoms with Crippen LogP contribution in [0.5, 0.6) is 17.2 Å². The van der Waals surface area contributed by atoms with Crippen LogP contribution >= 0.6 is 15.9 Å². The molecule has 1 heterocycles. The number of nitrogens with zero attached hydrogens (tertiary/aromatic N) is 1. The summed E-state index contributed by atoms with van der Waals surface area (Å²) < 4.78 is 17.3. The summed E-state index contributed by atoms with van der Waals surface area (Å²) in [5.41, 5.74) is 6.53. The first-order chi connectivity index (χ1) is 13.4. The Labute approximate surface area is 172 Å². The van der Waals surface area contributed by atoms with Crippen molar-refractivity contribution in [1.82, 2.24) is 4.98 Å². The van der Waals surface area contributed by atoms with Gasteiger partial charge in [-0.1, -0.05) is 13.3 Å². The second-order valence-corrected chi connectivity index (χ2v) is 6.90. The van der Waals surface area contributed by atoms with Crippen molar-refractivity contribution >= 4 is 27.6 Å². The third kappa shape index (κ3) is 5.01. The molecule has 2 rings (SSSR count). The Morgan fingerprint density at radius 3 is 2.50 bits per heavy atom. The Hall–Kier alpha value is -2.61. The highest BCUT2D eigenvalue weighted by atomic mass is 79.9. The molecule has 1 unspecified atom stereocenters. The maximum absolute atomic E-state index is 13.0. The highest BCUT2D eigenvalue weighted by molar-refractivity contribution is 9.10. The Balaban J connectivity index is 2.49. The van der Waals surface area contributed by atoms with Gasteiger partial charge in [-0.05, 0) is 46.1 Å². The lowest BCUT2D eigenvalue weighted by Crippen LogP contribution is -2.34. The number of Topliss-reactive ketones (excluding diaryl/α,β-unsaturated/α-hetero) is 1. The van der Waals surface area contributed by atoms with Gasteiger partial charge in [0.05, 0.1) is 19.8 Å². The number of carbonyl (C=O) groups excluding carboxylic acids is 2. The van der Waals surface area contributed by atoms with Crippen LogP contribution < -0.4 is 19.9 Å². The van der Waals surface area contributed by atoms with Crippen molar-refractivity contribution in [2.45, 2.75) is 32.3 Å². The SMILES string of the molecule is CCCC(Oc1c(C(=O)Cc2ccncc2Br)ccc(OC)c1OC)C(N)=O. The van der Waals surface area contributed by atoms with Crippen LogP contribution in [0, 0.1) is 0 Å². The molecule has 7 nitrogen and oxygen atoms in total. The Bertz CT molecular complexity index is 856. The number of primary amides is 1. The van der Waals surface area contributed by atoms with Crippen LogP contribution in [-0.4, -0.2) is 37.0 Å². The maximum Gasteiger partial charge on any atom is 0.258 e. The first-order valence-electron chi connectivity index (χ1n) is 8.75. The molecule has 1 amide bonds. The molecule has 0 saturated carbocycles. The summed E-state index contributed by atoms with van der Waals surface area (Å²) in [6, 6.07) is 4.98. The smallest absolute Gasteiger partial charge is 0.258 e. The summed E-state index contributed by atoms with van der Waals surface area (Å²) in [5, 5.41) is 0. The van der Waals surface area contributed by atoms with Gasteiger partial charge in [0.1, 0.15) is 0 Å². The van der Waals surface area contributed by atoms with Crippen LogP contribution in [0.3, 0.4) is 0 Å². The van der Waals surface area contributed by atoms with Gasteiger partial charge in [0.25, 0.3) is 5.91 Å². The van der Waals surface area contributed by atoms with Gasteiger partial charge in [-0.3, -0.25) is 14.6 Å². The number of hydrogen-bond donors (Lipinski definition) is 1. The Morgan fingerprint density at radius 1 is 1.18 bits per heavy atom. The summed E-state index contributed by atoms with van der Waals surface area (Å²) in [6.45, 7) is 1.91. The standard InChI is InChI=1S/C20H23BrN2O5/c1-4-5-17(20(22)25)28-18-13(6-7-16(26-2)19(18)27-3)15(24)10-12-8-9-23-11-14(12)21/h6-9,11,17H,4-5,10H2,1-3H3,(H2,22,25). The fraction of sp³-hybridized carbons (Fsp3) is 0.350. The zero-order valence-corrected chi connectivity index (χ0v) is 17.6. The monoisotopic (exact) mass is 450 g/mol. The number of rotatable bonds is 10. The number of nitrogens with two attached hydrogens (primary N) is 1. The lowest BCUT2D eigenvalue weighted by molar-refractivity contribution is -0.125. The van der Waals surface area contributed by atoms with Crippen molar-refractivity contribution < 1.29 is 23.8 Å². The fourth-order valence-corrected chi connectivity index (χ4v) is 3.11. The van der Waals surface area contributed by atoms with Crippen LogP contribution in [0.4, 0.5) is 0 Å². The van der Waals surface area contributed by atoms with Gasteiger partial charge in [0.2, 0.25) is 5.75 Å². The van der Waals surface area contributed by atoms with E-state index in [1.165, 1.54) is 14.2 Å². The van der Waals surface area contributed by atoms with E-state index in [2.05, 4.69) is 20.9 Å². The van der Waals surface area contributed by atoms with Crippen LogP contribution in [0.15, 0.2) is 35.1 Å². The normalized spacial score (nSPS) is 11.6. The number of hydrogen-bond acceptors (Lipinski definition) is 6. The molecular weight excluding hydrogens is 428 g/mol. The molecule has 0 radical (unpaired) electrons. The number of carbonyl (C=O) groups is 2. The molecule has 0 bridgehead atoms. The third-order valence-electron chi connectivity index (χ3n) is 4.14. The van der Waals surface area contributed by atoms with Gasteiger partial charge in [-0.25, -0.2) is 0 Å². The quantitative estimate of drug-likeness (QED) is 0.557. The van der Waals surface area contributed by atoms with E-state index in [9.17, 15) is 9.59 Å². The number of ether oxygens (including phenoxy) is 3. The number of ketones is 1. The summed E-state index contributed by atoms with van der Waals surface area (Å²) >= 11 is 3.39. The molecule has 2 aromatic rings. The largest absolute Gasteiger partial charge is 0.493 e. The first kappa shape index (κ1) is 21.7. The molecule has 1 aromatic carbocycles. The van der Waals surface area contributed by atoms with Crippen LogP contribution in [-0.2, 0) is 11.2 Å². The minimum absolute atomic E-state index is 0.115. The molecule has 0 aliphatic heterocycles. The van der Waals surface area contributed by atoms with Gasteiger partial charge in [0, 0.05) is 23.3 Å². The van der Waals surface area contributed by atoms with Crippen molar-refractivity contribution in [3.05, 3.63) is 46.2 Å². The summed E-state index contributed by atoms with van der Waals surface area (Å²) in [4.78, 5) is 28.8. The van der Waals surface area contributed by atoms with E-state index in [-0.39, 0.29) is 29.3 Å². The predicted molar refractivity (Wildman–Crippen MR) is 108 cm³/mol. The van der Waals surface area contributed by atoms with Gasteiger partial charge < -0.3 is 19.9 Å². The third-order valence-corrected chi connectivity index (χ3v) is 4.85. The molecule has 150 valence electrons. The van der Waals surface area contributed by atoms with E-state index in [0.717, 1.165) is 10.0 Å². The molecule has 8 heteroatoms. The molecule has 0 saturated heterocycles. The summed E-state index contributed by atoms with van der Waals surface area (Å²) in [5.74, 6) is -0.0396. The number of pyridine rings is 1. The molecule has 28 heavy (non-hydrogen) atoms. The van der Waals surface area contributed by atoms with Gasteiger partial charge in [-0.2, -0.15) is 0 Å². The minimum atomic E-state index is -0.884. The maximum atomic E-state index is 13.0. The molecule has 1 atom stereocenters. The number of amides is 1. The van der Waals surface area contributed by atoms with Gasteiger partial charge in [0.15, 0.2) is 23.4 Å². The van der Waals surface area contributed by atoms with Crippen molar-refractivity contribution in [3.63, 3.8) is 0 Å². The van der Waals surface area contributed by atoms with Crippen molar-refractivity contribution in [3.8, 4) is 17.2 Å². The zero-order chi connectivity index (χ0) is 20.7. The van der Waals surface area contributed by atoms with E-state index in [1.807, 2.05) is 6.92 Å². The van der Waals surface area contributed by atoms with Crippen LogP contribution in [0.1, 0.15) is 35.7 Å². The van der Waals surface area contributed by atoms with E-state index in [4.69, 9.17) is 19.9 Å². The summed E-state index contributed by atoms with van der Waals surface area (Å²) in [6.07, 6.45) is 3.57. The lowest BCUT2D eigenvalue weighted by atomic mass is 10.0. The Morgan fingerprint density at radius 2 is 1.93 bits per heavy atom. The predicted octanol–water partition coefficient (Wildman–Crippen LogP) is 3.32. The highest BCUT2D eigenvalue weighted by Crippen LogP contribution is 2.41. The van der Waals surface area contributed by atoms with Crippen molar-refractivity contribution in [1.29, 1.82) is 0 Å². The van der Waals surface area contributed by atoms with E-state index >= 15 is 0 Å². The number of benzene rings is 1. The molecule has 0 spiro atoms. The van der Waals surface area contributed by atoms with Crippen molar-refractivity contribution in [2.75, 3.05) is 14.2 Å². The molecule has 0 aliphatic carbocycles. The van der Waals surface area contributed by atoms with Crippen LogP contribution in [0.25, 0.3) is 0 Å². The molecule has 2 N–H and O–H groups in total. The minimum Gasteiger partial charge on any atom is -0.493 e. The molecular formula is C20H23BrN2O5. The van der Waals surface area contributed by atoms with E-state index < -0.39 is 12.0 Å². The lowest BCUT2D eigenvalue weighted by Gasteiger charge is -2.21. The zero-order valence-electron chi connectivity index (χ0n) is 16.0. The second-order valence-electron chi connectivity index (χ2n) is 6.04. The van der Waals surface area contributed by atoms with E-state index in [1.54, 1.807) is 30.6 Å². The summed E-state index contributed by atoms with van der Waals surface area (Å²) in [7, 11) is 2.92. The second kappa shape index (κ2) is 10.1. The molecule has 1 aromatic heterocycles. The van der Waals surface area contributed by atoms with Crippen molar-refractivity contribution in [2.24, 2.45) is 5.73 Å². The first-order valence-corrected chi connectivity index (χ1v) is 9.54. The number of methoxy groups -OCH3 is 2. The molecule has 0 aliphatic rings. The Kier molecular flexibility index (Phi) is 7.80. The van der Waals surface area contributed by atoms with E-state index in [0.29, 0.717) is 18.6 Å². The topological polar surface area (TPSA) is 101 Å². The number of halogens is 1. The van der Waals surface area contributed by atoms with Crippen LogP contribution in [0.2, 0.25) is 0 Å². The van der Waals surface area contributed by atoms with Gasteiger partial charge >= 0.3 is 0 Å². The number of aromatic nitrogens is 1. The average molecular weight is 451 g/mol. The average Bonchev–Trinajstić information content (AvgIpc) is 2.68. The fourth-order valence-electron chi connectivity index (χ4n) is 2.71. The molecule has 0 fully saturated rings.